The van der Waals surface area contributed by atoms with Crippen LogP contribution in [0, 0.1) is 6.92 Å². The second-order valence-corrected chi connectivity index (χ2v) is 7.62. The number of aryl methyl sites for hydroxylation is 1. The fraction of sp³-hybridized carbons (Fsp3) is 0.200. The van der Waals surface area contributed by atoms with Crippen LogP contribution >= 0.6 is 11.8 Å². The molecule has 0 fully saturated rings. The van der Waals surface area contributed by atoms with Crippen molar-refractivity contribution in [1.29, 1.82) is 0 Å². The molecule has 7 nitrogen and oxygen atoms in total. The summed E-state index contributed by atoms with van der Waals surface area (Å²) >= 11 is 1.14. The maximum atomic E-state index is 12.4. The molecule has 1 heterocycles. The molecular weight excluding hydrogens is 376 g/mol. The van der Waals surface area contributed by atoms with E-state index >= 15 is 0 Å². The molecule has 3 rings (SSSR count). The lowest BCUT2D eigenvalue weighted by molar-refractivity contribution is -0.136. The highest BCUT2D eigenvalue weighted by Crippen LogP contribution is 2.26. The molecular formula is C20H20N4O3S. The van der Waals surface area contributed by atoms with Crippen LogP contribution in [-0.4, -0.2) is 37.0 Å². The number of thioether (sulfide) groups is 1. The van der Waals surface area contributed by atoms with Gasteiger partial charge in [-0.25, -0.2) is 0 Å². The molecule has 1 amide bonds. The molecule has 0 aliphatic carbocycles. The Labute approximate surface area is 166 Å². The van der Waals surface area contributed by atoms with E-state index in [0.29, 0.717) is 22.2 Å². The van der Waals surface area contributed by atoms with Gasteiger partial charge in [-0.05, 0) is 49.7 Å². The Kier molecular flexibility index (Phi) is 5.79. The van der Waals surface area contributed by atoms with Crippen LogP contribution in [0.3, 0.4) is 0 Å². The van der Waals surface area contributed by atoms with Crippen LogP contribution in [0.2, 0.25) is 0 Å². The number of carbonyl (C=O) groups is 2. The van der Waals surface area contributed by atoms with Crippen molar-refractivity contribution in [2.45, 2.75) is 24.3 Å². The summed E-state index contributed by atoms with van der Waals surface area (Å²) < 4.78 is 1.75. The van der Waals surface area contributed by atoms with E-state index in [0.717, 1.165) is 22.9 Å². The van der Waals surface area contributed by atoms with E-state index in [1.165, 1.54) is 0 Å². The van der Waals surface area contributed by atoms with Crippen LogP contribution in [0.1, 0.15) is 22.8 Å². The van der Waals surface area contributed by atoms with Gasteiger partial charge in [-0.3, -0.25) is 9.59 Å². The van der Waals surface area contributed by atoms with E-state index in [9.17, 15) is 9.59 Å². The van der Waals surface area contributed by atoms with Crippen molar-refractivity contribution in [3.05, 3.63) is 59.7 Å². The number of aromatic nitrogens is 3. The van der Waals surface area contributed by atoms with Crippen molar-refractivity contribution in [2.75, 3.05) is 5.32 Å². The first-order chi connectivity index (χ1) is 13.4. The minimum Gasteiger partial charge on any atom is -0.480 e. The van der Waals surface area contributed by atoms with Gasteiger partial charge in [-0.15, -0.1) is 10.2 Å². The summed E-state index contributed by atoms with van der Waals surface area (Å²) in [5.41, 5.74) is 3.04. The molecule has 3 aromatic rings. The Hall–Kier alpha value is -3.13. The Morgan fingerprint density at radius 3 is 2.43 bits per heavy atom. The predicted octanol–water partition coefficient (Wildman–Crippen LogP) is 3.61. The van der Waals surface area contributed by atoms with Gasteiger partial charge in [0.05, 0.1) is 0 Å². The van der Waals surface area contributed by atoms with Crippen LogP contribution in [0.4, 0.5) is 5.69 Å². The number of carboxylic acids is 1. The highest BCUT2D eigenvalue weighted by atomic mass is 32.2. The number of rotatable bonds is 6. The third kappa shape index (κ3) is 4.23. The first-order valence-electron chi connectivity index (χ1n) is 8.63. The Bertz CT molecular complexity index is 1010. The van der Waals surface area contributed by atoms with Gasteiger partial charge in [0.15, 0.2) is 11.0 Å². The minimum absolute atomic E-state index is 0.161. The van der Waals surface area contributed by atoms with E-state index in [4.69, 9.17) is 5.11 Å². The molecule has 2 N–H and O–H groups in total. The number of anilines is 1. The Morgan fingerprint density at radius 1 is 1.11 bits per heavy atom. The summed E-state index contributed by atoms with van der Waals surface area (Å²) in [6.45, 7) is 3.50. The monoisotopic (exact) mass is 396 g/mol. The zero-order valence-electron chi connectivity index (χ0n) is 15.7. The molecule has 0 unspecified atom stereocenters. The van der Waals surface area contributed by atoms with Gasteiger partial charge >= 0.3 is 5.97 Å². The summed E-state index contributed by atoms with van der Waals surface area (Å²) in [7, 11) is 1.79. The smallest absolute Gasteiger partial charge is 0.316 e. The van der Waals surface area contributed by atoms with Gasteiger partial charge in [0, 0.05) is 23.9 Å². The largest absolute Gasteiger partial charge is 0.480 e. The molecule has 0 saturated heterocycles. The number of hydrogen-bond donors (Lipinski definition) is 2. The third-order valence-corrected chi connectivity index (χ3v) is 5.38. The quantitative estimate of drug-likeness (QED) is 0.618. The van der Waals surface area contributed by atoms with Crippen molar-refractivity contribution >= 4 is 29.3 Å². The van der Waals surface area contributed by atoms with Crippen LogP contribution in [0.25, 0.3) is 11.4 Å². The molecule has 144 valence electrons. The summed E-state index contributed by atoms with van der Waals surface area (Å²) in [6, 6.07) is 14.7. The average Bonchev–Trinajstić information content (AvgIpc) is 3.03. The van der Waals surface area contributed by atoms with Crippen molar-refractivity contribution < 1.29 is 14.7 Å². The van der Waals surface area contributed by atoms with E-state index in [1.54, 1.807) is 36.7 Å². The molecule has 0 bridgehead atoms. The lowest BCUT2D eigenvalue weighted by Crippen LogP contribution is -2.13. The minimum atomic E-state index is -0.900. The number of amides is 1. The standard InChI is InChI=1S/C20H20N4O3S/c1-12-6-4-5-7-16(12)18(25)21-15-10-8-14(9-11-15)17-22-23-20(24(17)3)28-13(2)19(26)27/h4-11,13H,1-3H3,(H,21,25)(H,26,27)/t13-/m0/s1. The molecule has 0 aliphatic heterocycles. The summed E-state index contributed by atoms with van der Waals surface area (Å²) in [6.07, 6.45) is 0. The van der Waals surface area contributed by atoms with E-state index in [1.807, 2.05) is 37.3 Å². The first kappa shape index (κ1) is 19.6. The van der Waals surface area contributed by atoms with Gasteiger partial charge in [0.2, 0.25) is 0 Å². The van der Waals surface area contributed by atoms with Crippen molar-refractivity contribution in [3.63, 3.8) is 0 Å². The fourth-order valence-corrected chi connectivity index (χ4v) is 3.36. The number of hydrogen-bond acceptors (Lipinski definition) is 5. The highest BCUT2D eigenvalue weighted by Gasteiger charge is 2.18. The Balaban J connectivity index is 1.74. The number of carbonyl (C=O) groups excluding carboxylic acids is 1. The van der Waals surface area contributed by atoms with Crippen LogP contribution < -0.4 is 5.32 Å². The number of aliphatic carboxylic acids is 1. The SMILES string of the molecule is Cc1ccccc1C(=O)Nc1ccc(-c2nnc(S[C@@H](C)C(=O)O)n2C)cc1. The van der Waals surface area contributed by atoms with Gasteiger partial charge in [-0.1, -0.05) is 30.0 Å². The fourth-order valence-electron chi connectivity index (χ4n) is 2.61. The lowest BCUT2D eigenvalue weighted by atomic mass is 10.1. The summed E-state index contributed by atoms with van der Waals surface area (Å²) in [5.74, 6) is -0.439. The van der Waals surface area contributed by atoms with Crippen LogP contribution in [0.5, 0.6) is 0 Å². The topological polar surface area (TPSA) is 97.1 Å². The number of benzene rings is 2. The normalized spacial score (nSPS) is 11.8. The van der Waals surface area contributed by atoms with Gasteiger partial charge < -0.3 is 15.0 Å². The molecule has 2 aromatic carbocycles. The molecule has 8 heteroatoms. The van der Waals surface area contributed by atoms with Crippen LogP contribution in [-0.2, 0) is 11.8 Å². The van der Waals surface area contributed by atoms with Crippen molar-refractivity contribution in [3.8, 4) is 11.4 Å². The molecule has 1 aromatic heterocycles. The molecule has 28 heavy (non-hydrogen) atoms. The van der Waals surface area contributed by atoms with Crippen molar-refractivity contribution in [1.82, 2.24) is 14.8 Å². The molecule has 0 aliphatic rings. The zero-order valence-corrected chi connectivity index (χ0v) is 16.5. The van der Waals surface area contributed by atoms with E-state index in [2.05, 4.69) is 15.5 Å². The first-order valence-corrected chi connectivity index (χ1v) is 9.51. The third-order valence-electron chi connectivity index (χ3n) is 4.26. The average molecular weight is 396 g/mol. The maximum absolute atomic E-state index is 12.4. The van der Waals surface area contributed by atoms with Crippen molar-refractivity contribution in [2.24, 2.45) is 7.05 Å². The van der Waals surface area contributed by atoms with Crippen LogP contribution in [0.15, 0.2) is 53.7 Å². The van der Waals surface area contributed by atoms with Gasteiger partial charge in [-0.2, -0.15) is 0 Å². The van der Waals surface area contributed by atoms with Gasteiger partial charge in [0.25, 0.3) is 5.91 Å². The lowest BCUT2D eigenvalue weighted by Gasteiger charge is -2.09. The highest BCUT2D eigenvalue weighted by molar-refractivity contribution is 8.00. The van der Waals surface area contributed by atoms with E-state index < -0.39 is 11.2 Å². The molecule has 0 saturated carbocycles. The second kappa shape index (κ2) is 8.26. The molecule has 0 spiro atoms. The van der Waals surface area contributed by atoms with Gasteiger partial charge in [0.1, 0.15) is 5.25 Å². The maximum Gasteiger partial charge on any atom is 0.316 e. The number of nitrogens with one attached hydrogen (secondary N) is 1. The Morgan fingerprint density at radius 2 is 1.79 bits per heavy atom. The van der Waals surface area contributed by atoms with E-state index in [-0.39, 0.29) is 5.91 Å². The predicted molar refractivity (Wildman–Crippen MR) is 109 cm³/mol. The zero-order chi connectivity index (χ0) is 20.3. The number of carboxylic acid groups (broad SMARTS) is 1. The molecule has 1 atom stereocenters. The summed E-state index contributed by atoms with van der Waals surface area (Å²) in [5, 5.41) is 20.1. The molecule has 0 radical (unpaired) electrons. The summed E-state index contributed by atoms with van der Waals surface area (Å²) in [4.78, 5) is 23.4. The number of nitrogens with zero attached hydrogens (tertiary/aromatic N) is 3. The second-order valence-electron chi connectivity index (χ2n) is 6.31.